The van der Waals surface area contributed by atoms with Crippen LogP contribution in [-0.2, 0) is 12.8 Å². The third-order valence-electron chi connectivity index (χ3n) is 4.39. The minimum Gasteiger partial charge on any atom is -0.382 e. The molecule has 0 bridgehead atoms. The van der Waals surface area contributed by atoms with Gasteiger partial charge in [0.25, 0.3) is 5.91 Å². The van der Waals surface area contributed by atoms with E-state index in [4.69, 9.17) is 5.73 Å². The van der Waals surface area contributed by atoms with Gasteiger partial charge in [-0.15, -0.1) is 16.4 Å². The van der Waals surface area contributed by atoms with Crippen molar-refractivity contribution in [1.82, 2.24) is 9.78 Å². The summed E-state index contributed by atoms with van der Waals surface area (Å²) in [6.07, 6.45) is 4.02. The number of carbonyl (C=O) groups excluding carboxylic acids is 1. The number of benzene rings is 1. The molecule has 2 heterocycles. The molecule has 1 aliphatic carbocycles. The van der Waals surface area contributed by atoms with Crippen LogP contribution in [0.3, 0.4) is 0 Å². The van der Waals surface area contributed by atoms with E-state index >= 15 is 0 Å². The van der Waals surface area contributed by atoms with Gasteiger partial charge in [-0.3, -0.25) is 4.79 Å². The Hall–Kier alpha value is -2.14. The van der Waals surface area contributed by atoms with Gasteiger partial charge in [0, 0.05) is 20.5 Å². The average molecular weight is 311 g/mol. The highest BCUT2D eigenvalue weighted by molar-refractivity contribution is 7.19. The molecular weight excluding hydrogens is 294 g/mol. The summed E-state index contributed by atoms with van der Waals surface area (Å²) in [6, 6.07) is 8.03. The van der Waals surface area contributed by atoms with Crippen molar-refractivity contribution >= 4 is 33.1 Å². The van der Waals surface area contributed by atoms with Crippen molar-refractivity contribution in [2.24, 2.45) is 0 Å². The molecule has 0 saturated carbocycles. The first-order chi connectivity index (χ1) is 10.7. The van der Waals surface area contributed by atoms with Gasteiger partial charge in [0.05, 0.1) is 11.3 Å². The summed E-state index contributed by atoms with van der Waals surface area (Å²) in [5.74, 6) is 0.463. The SMILES string of the molecule is Cc1sc2ccccc2c1C(=O)n1nc(N)c2c1CCCC2. The maximum absolute atomic E-state index is 13.1. The topological polar surface area (TPSA) is 60.9 Å². The molecule has 0 unspecified atom stereocenters. The largest absolute Gasteiger partial charge is 0.382 e. The lowest BCUT2D eigenvalue weighted by Crippen LogP contribution is -2.18. The first kappa shape index (κ1) is 13.5. The van der Waals surface area contributed by atoms with Gasteiger partial charge in [-0.25, -0.2) is 0 Å². The van der Waals surface area contributed by atoms with Crippen molar-refractivity contribution in [2.75, 3.05) is 5.73 Å². The lowest BCUT2D eigenvalue weighted by Gasteiger charge is -2.13. The van der Waals surface area contributed by atoms with Crippen LogP contribution in [0.1, 0.15) is 39.3 Å². The van der Waals surface area contributed by atoms with Gasteiger partial charge in [0.1, 0.15) is 5.82 Å². The van der Waals surface area contributed by atoms with Gasteiger partial charge in [-0.1, -0.05) is 18.2 Å². The fraction of sp³-hybridized carbons (Fsp3) is 0.294. The number of nitrogens with zero attached hydrogens (tertiary/aromatic N) is 2. The van der Waals surface area contributed by atoms with E-state index in [9.17, 15) is 4.79 Å². The zero-order valence-corrected chi connectivity index (χ0v) is 13.2. The number of carbonyl (C=O) groups is 1. The molecule has 0 amide bonds. The molecular formula is C17H17N3OS. The standard InChI is InChI=1S/C17H17N3OS/c1-10-15(12-7-3-5-9-14(12)22-10)17(21)20-13-8-4-2-6-11(13)16(18)19-20/h3,5,7,9H,2,4,6,8H2,1H3,(H2,18,19). The van der Waals surface area contributed by atoms with Crippen molar-refractivity contribution in [3.8, 4) is 0 Å². The minimum absolute atomic E-state index is 0.0511. The third-order valence-corrected chi connectivity index (χ3v) is 5.48. The van der Waals surface area contributed by atoms with Crippen LogP contribution in [0, 0.1) is 6.92 Å². The number of hydrogen-bond donors (Lipinski definition) is 1. The van der Waals surface area contributed by atoms with Gasteiger partial charge in [0.15, 0.2) is 0 Å². The highest BCUT2D eigenvalue weighted by atomic mass is 32.1. The molecule has 0 aliphatic heterocycles. The summed E-state index contributed by atoms with van der Waals surface area (Å²) in [7, 11) is 0. The van der Waals surface area contributed by atoms with E-state index in [1.165, 1.54) is 0 Å². The van der Waals surface area contributed by atoms with Crippen LogP contribution in [-0.4, -0.2) is 15.7 Å². The van der Waals surface area contributed by atoms with E-state index in [2.05, 4.69) is 11.2 Å². The number of thiophene rings is 1. The summed E-state index contributed by atoms with van der Waals surface area (Å²) in [5, 5.41) is 5.35. The van der Waals surface area contributed by atoms with Gasteiger partial charge < -0.3 is 5.73 Å². The molecule has 0 radical (unpaired) electrons. The van der Waals surface area contributed by atoms with Crippen LogP contribution < -0.4 is 5.73 Å². The number of nitrogens with two attached hydrogens (primary N) is 1. The van der Waals surface area contributed by atoms with Crippen LogP contribution >= 0.6 is 11.3 Å². The Morgan fingerprint density at radius 3 is 2.91 bits per heavy atom. The Balaban J connectivity index is 1.90. The quantitative estimate of drug-likeness (QED) is 0.747. The third kappa shape index (κ3) is 1.89. The zero-order chi connectivity index (χ0) is 15.3. The number of aromatic nitrogens is 2. The molecule has 4 rings (SSSR count). The number of rotatable bonds is 1. The molecule has 4 nitrogen and oxygen atoms in total. The van der Waals surface area contributed by atoms with Gasteiger partial charge in [-0.05, 0) is 38.7 Å². The summed E-state index contributed by atoms with van der Waals surface area (Å²) in [5.41, 5.74) is 8.85. The predicted molar refractivity (Wildman–Crippen MR) is 89.6 cm³/mol. The highest BCUT2D eigenvalue weighted by Crippen LogP contribution is 2.33. The first-order valence-corrected chi connectivity index (χ1v) is 8.37. The average Bonchev–Trinajstić information content (AvgIpc) is 3.04. The summed E-state index contributed by atoms with van der Waals surface area (Å²) in [6.45, 7) is 2.00. The van der Waals surface area contributed by atoms with Crippen molar-refractivity contribution in [1.29, 1.82) is 0 Å². The Morgan fingerprint density at radius 1 is 1.27 bits per heavy atom. The Kier molecular flexibility index (Phi) is 3.04. The fourth-order valence-electron chi connectivity index (χ4n) is 3.33. The van der Waals surface area contributed by atoms with Crippen LogP contribution in [0.25, 0.3) is 10.1 Å². The molecule has 0 fully saturated rings. The van der Waals surface area contributed by atoms with Crippen molar-refractivity contribution in [3.63, 3.8) is 0 Å². The maximum atomic E-state index is 13.1. The molecule has 0 spiro atoms. The molecule has 5 heteroatoms. The van der Waals surface area contributed by atoms with Crippen LogP contribution in [0.15, 0.2) is 24.3 Å². The molecule has 112 valence electrons. The van der Waals surface area contributed by atoms with E-state index in [1.54, 1.807) is 16.0 Å². The predicted octanol–water partition coefficient (Wildman–Crippen LogP) is 3.56. The molecule has 1 aromatic carbocycles. The van der Waals surface area contributed by atoms with Crippen molar-refractivity contribution < 1.29 is 4.79 Å². The number of fused-ring (bicyclic) bond motifs is 2. The van der Waals surface area contributed by atoms with Gasteiger partial charge in [-0.2, -0.15) is 4.68 Å². The van der Waals surface area contributed by atoms with Crippen molar-refractivity contribution in [3.05, 3.63) is 46.0 Å². The molecule has 2 N–H and O–H groups in total. The number of aryl methyl sites for hydroxylation is 1. The van der Waals surface area contributed by atoms with Crippen LogP contribution in [0.5, 0.6) is 0 Å². The molecule has 0 saturated heterocycles. The smallest absolute Gasteiger partial charge is 0.280 e. The molecule has 2 aromatic heterocycles. The molecule has 1 aliphatic rings. The van der Waals surface area contributed by atoms with Crippen molar-refractivity contribution in [2.45, 2.75) is 32.6 Å². The number of nitrogen functional groups attached to an aromatic ring is 1. The Bertz CT molecular complexity index is 891. The fourth-order valence-corrected chi connectivity index (χ4v) is 4.39. The lowest BCUT2D eigenvalue weighted by atomic mass is 9.97. The number of anilines is 1. The normalized spacial score (nSPS) is 14.2. The lowest BCUT2D eigenvalue weighted by molar-refractivity contribution is 0.0943. The minimum atomic E-state index is -0.0511. The van der Waals surface area contributed by atoms with E-state index in [-0.39, 0.29) is 5.91 Å². The first-order valence-electron chi connectivity index (χ1n) is 7.56. The highest BCUT2D eigenvalue weighted by Gasteiger charge is 2.26. The second-order valence-corrected chi connectivity index (χ2v) is 7.02. The maximum Gasteiger partial charge on any atom is 0.280 e. The molecule has 0 atom stereocenters. The Morgan fingerprint density at radius 2 is 2.05 bits per heavy atom. The van der Waals surface area contributed by atoms with E-state index in [1.807, 2.05) is 25.1 Å². The Labute approximate surface area is 132 Å². The van der Waals surface area contributed by atoms with Crippen LogP contribution in [0.4, 0.5) is 5.82 Å². The molecule has 3 aromatic rings. The second kappa shape index (κ2) is 4.95. The van der Waals surface area contributed by atoms with E-state index < -0.39 is 0 Å². The van der Waals surface area contributed by atoms with Gasteiger partial charge in [0.2, 0.25) is 0 Å². The summed E-state index contributed by atoms with van der Waals surface area (Å²) >= 11 is 1.65. The molecule has 22 heavy (non-hydrogen) atoms. The van der Waals surface area contributed by atoms with E-state index in [0.717, 1.165) is 57.5 Å². The number of hydrogen-bond acceptors (Lipinski definition) is 4. The van der Waals surface area contributed by atoms with Gasteiger partial charge >= 0.3 is 0 Å². The summed E-state index contributed by atoms with van der Waals surface area (Å²) < 4.78 is 2.68. The summed E-state index contributed by atoms with van der Waals surface area (Å²) in [4.78, 5) is 14.1. The second-order valence-electron chi connectivity index (χ2n) is 5.76. The van der Waals surface area contributed by atoms with E-state index in [0.29, 0.717) is 5.82 Å². The zero-order valence-electron chi connectivity index (χ0n) is 12.4. The monoisotopic (exact) mass is 311 g/mol. The van der Waals surface area contributed by atoms with Crippen LogP contribution in [0.2, 0.25) is 0 Å².